The van der Waals surface area contributed by atoms with Crippen LogP contribution in [0.15, 0.2) is 35.1 Å². The second-order valence-electron chi connectivity index (χ2n) is 9.52. The summed E-state index contributed by atoms with van der Waals surface area (Å²) in [7, 11) is 3.25. The van der Waals surface area contributed by atoms with Crippen molar-refractivity contribution in [3.63, 3.8) is 0 Å². The number of rotatable bonds is 6. The Morgan fingerprint density at radius 3 is 2.71 bits per heavy atom. The van der Waals surface area contributed by atoms with Crippen LogP contribution in [0.1, 0.15) is 47.5 Å². The number of nitrogens with one attached hydrogen (secondary N) is 2. The number of H-pyrrole nitrogens is 1. The number of carbonyl (C=O) groups is 1. The number of aromatic nitrogens is 2. The summed E-state index contributed by atoms with van der Waals surface area (Å²) in [6, 6.07) is 8.85. The highest BCUT2D eigenvalue weighted by molar-refractivity contribution is 5.97. The molecular formula is C26H31ClN4O4. The van der Waals surface area contributed by atoms with Crippen LogP contribution in [-0.4, -0.2) is 59.7 Å². The van der Waals surface area contributed by atoms with Crippen LogP contribution in [0.25, 0.3) is 22.3 Å². The van der Waals surface area contributed by atoms with Gasteiger partial charge in [0.1, 0.15) is 22.7 Å². The van der Waals surface area contributed by atoms with Gasteiger partial charge >= 0.3 is 0 Å². The molecule has 5 rings (SSSR count). The fraction of sp³-hybridized carbons (Fsp3) is 0.423. The van der Waals surface area contributed by atoms with Gasteiger partial charge in [0.15, 0.2) is 0 Å². The van der Waals surface area contributed by atoms with E-state index in [4.69, 9.17) is 9.72 Å². The number of amides is 1. The minimum atomic E-state index is -0.481. The van der Waals surface area contributed by atoms with Gasteiger partial charge in [-0.2, -0.15) is 0 Å². The molecule has 3 heterocycles. The van der Waals surface area contributed by atoms with E-state index in [2.05, 4.69) is 10.3 Å². The molecule has 1 unspecified atom stereocenters. The normalized spacial score (nSPS) is 17.6. The second-order valence-corrected chi connectivity index (χ2v) is 9.52. The van der Waals surface area contributed by atoms with Gasteiger partial charge in [0.2, 0.25) is 0 Å². The number of hydrogen-bond acceptors (Lipinski definition) is 6. The highest BCUT2D eigenvalue weighted by Gasteiger charge is 2.26. The summed E-state index contributed by atoms with van der Waals surface area (Å²) >= 11 is 0. The third-order valence-corrected chi connectivity index (χ3v) is 6.66. The van der Waals surface area contributed by atoms with E-state index in [0.29, 0.717) is 35.2 Å². The number of halogens is 1. The van der Waals surface area contributed by atoms with E-state index in [1.807, 2.05) is 12.1 Å². The molecule has 1 aliphatic heterocycles. The number of pyridine rings is 2. The first-order valence-corrected chi connectivity index (χ1v) is 11.9. The van der Waals surface area contributed by atoms with E-state index in [-0.39, 0.29) is 35.5 Å². The van der Waals surface area contributed by atoms with E-state index in [1.165, 1.54) is 4.90 Å². The van der Waals surface area contributed by atoms with E-state index < -0.39 is 5.56 Å². The van der Waals surface area contributed by atoms with Crippen molar-refractivity contribution in [3.8, 4) is 22.8 Å². The Balaban J connectivity index is 0.00000289. The van der Waals surface area contributed by atoms with Gasteiger partial charge < -0.3 is 25.0 Å². The largest absolute Gasteiger partial charge is 0.507 e. The zero-order valence-corrected chi connectivity index (χ0v) is 20.8. The van der Waals surface area contributed by atoms with Crippen LogP contribution in [-0.2, 0) is 0 Å². The van der Waals surface area contributed by atoms with E-state index >= 15 is 0 Å². The number of hydrogen-bond donors (Lipinski definition) is 3. The predicted octanol–water partition coefficient (Wildman–Crippen LogP) is 3.68. The monoisotopic (exact) mass is 498 g/mol. The number of phenols is 1. The van der Waals surface area contributed by atoms with E-state index in [0.717, 1.165) is 49.7 Å². The Morgan fingerprint density at radius 2 is 2.03 bits per heavy atom. The lowest BCUT2D eigenvalue weighted by Gasteiger charge is -2.25. The van der Waals surface area contributed by atoms with Gasteiger partial charge in [-0.25, -0.2) is 4.98 Å². The highest BCUT2D eigenvalue weighted by Crippen LogP contribution is 2.41. The average molecular weight is 499 g/mol. The molecule has 186 valence electrons. The lowest BCUT2D eigenvalue weighted by atomic mass is 9.88. The summed E-state index contributed by atoms with van der Waals surface area (Å²) in [5, 5.41) is 15.0. The van der Waals surface area contributed by atoms with Crippen molar-refractivity contribution >= 4 is 29.3 Å². The number of piperidine rings is 1. The predicted molar refractivity (Wildman–Crippen MR) is 138 cm³/mol. The maximum absolute atomic E-state index is 12.8. The van der Waals surface area contributed by atoms with Gasteiger partial charge in [0.05, 0.1) is 17.9 Å². The zero-order chi connectivity index (χ0) is 23.8. The zero-order valence-electron chi connectivity index (χ0n) is 20.0. The van der Waals surface area contributed by atoms with Gasteiger partial charge in [-0.3, -0.25) is 9.59 Å². The maximum Gasteiger partial charge on any atom is 0.262 e. The number of carbonyl (C=O) groups excluding carboxylic acids is 1. The molecule has 1 saturated heterocycles. The molecule has 0 radical (unpaired) electrons. The fourth-order valence-electron chi connectivity index (χ4n) is 4.58. The molecule has 3 aromatic rings. The summed E-state index contributed by atoms with van der Waals surface area (Å²) in [5.74, 6) is 1.06. The number of phenolic OH excluding ortho intramolecular Hbond substituents is 1. The third kappa shape index (κ3) is 5.13. The molecule has 9 heteroatoms. The average Bonchev–Trinajstić information content (AvgIpc) is 3.66. The SMILES string of the molecule is CN(C)C(=O)c1cc2c(C3CCCNC3)cc(-c3c(O)cccc3OCC3CC3)nc2[nH]c1=O.Cl. The molecule has 3 N–H and O–H groups in total. The first-order chi connectivity index (χ1) is 16.4. The standard InChI is InChI=1S/C26H30N4O4.ClH/c1-30(2)26(33)19-11-18-17(16-5-4-10-27-13-16)12-20(28-24(18)29-25(19)32)23-21(31)6-3-7-22(23)34-14-15-8-9-15;/h3,6-7,11-12,15-16,27,31H,4-5,8-10,13-14H2,1-2H3,(H,28,29,32);1H. The van der Waals surface area contributed by atoms with E-state index in [9.17, 15) is 14.7 Å². The lowest BCUT2D eigenvalue weighted by Crippen LogP contribution is -2.30. The Bertz CT molecular complexity index is 1300. The molecule has 1 saturated carbocycles. The van der Waals surface area contributed by atoms with Crippen molar-refractivity contribution in [1.82, 2.24) is 20.2 Å². The molecular weight excluding hydrogens is 468 g/mol. The summed E-state index contributed by atoms with van der Waals surface area (Å²) in [6.07, 6.45) is 4.34. The number of ether oxygens (including phenoxy) is 1. The van der Waals surface area contributed by atoms with Crippen LogP contribution in [0.3, 0.4) is 0 Å². The van der Waals surface area contributed by atoms with Crippen LogP contribution in [0.2, 0.25) is 0 Å². The van der Waals surface area contributed by atoms with Gasteiger partial charge in [0, 0.05) is 26.0 Å². The molecule has 2 fully saturated rings. The Labute approximate surface area is 210 Å². The molecule has 2 aliphatic rings. The topological polar surface area (TPSA) is 108 Å². The summed E-state index contributed by atoms with van der Waals surface area (Å²) in [5.41, 5.74) is 2.06. The minimum Gasteiger partial charge on any atom is -0.507 e. The van der Waals surface area contributed by atoms with Crippen molar-refractivity contribution in [1.29, 1.82) is 0 Å². The molecule has 1 aromatic carbocycles. The molecule has 8 nitrogen and oxygen atoms in total. The van der Waals surface area contributed by atoms with Crippen molar-refractivity contribution in [3.05, 3.63) is 51.8 Å². The number of aromatic amines is 1. The number of benzene rings is 1. The smallest absolute Gasteiger partial charge is 0.262 e. The minimum absolute atomic E-state index is 0. The third-order valence-electron chi connectivity index (χ3n) is 6.66. The van der Waals surface area contributed by atoms with Crippen LogP contribution >= 0.6 is 12.4 Å². The van der Waals surface area contributed by atoms with Crippen LogP contribution in [0.5, 0.6) is 11.5 Å². The molecule has 1 aliphatic carbocycles. The molecule has 2 aromatic heterocycles. The summed E-state index contributed by atoms with van der Waals surface area (Å²) in [4.78, 5) is 34.4. The van der Waals surface area contributed by atoms with Crippen LogP contribution in [0.4, 0.5) is 0 Å². The first kappa shape index (κ1) is 25.0. The number of nitrogens with zero attached hydrogens (tertiary/aromatic N) is 2. The molecule has 0 spiro atoms. The first-order valence-electron chi connectivity index (χ1n) is 11.9. The van der Waals surface area contributed by atoms with Crippen LogP contribution in [0, 0.1) is 5.92 Å². The molecule has 35 heavy (non-hydrogen) atoms. The Kier molecular flexibility index (Phi) is 7.33. The molecule has 1 atom stereocenters. The molecule has 0 bridgehead atoms. The second kappa shape index (κ2) is 10.3. The maximum atomic E-state index is 12.8. The fourth-order valence-corrected chi connectivity index (χ4v) is 4.58. The lowest BCUT2D eigenvalue weighted by molar-refractivity contribution is 0.0826. The van der Waals surface area contributed by atoms with Crippen molar-refractivity contribution in [2.45, 2.75) is 31.6 Å². The van der Waals surface area contributed by atoms with E-state index in [1.54, 1.807) is 32.3 Å². The van der Waals surface area contributed by atoms with Gasteiger partial charge in [-0.05, 0) is 73.9 Å². The Morgan fingerprint density at radius 1 is 1.23 bits per heavy atom. The summed E-state index contributed by atoms with van der Waals surface area (Å²) < 4.78 is 6.06. The van der Waals surface area contributed by atoms with Crippen molar-refractivity contribution < 1.29 is 14.6 Å². The Hall–Kier alpha value is -3.10. The quantitative estimate of drug-likeness (QED) is 0.478. The number of aromatic hydroxyl groups is 1. The number of fused-ring (bicyclic) bond motifs is 1. The molecule has 1 amide bonds. The van der Waals surface area contributed by atoms with Crippen molar-refractivity contribution in [2.24, 2.45) is 5.92 Å². The van der Waals surface area contributed by atoms with Gasteiger partial charge in [-0.15, -0.1) is 12.4 Å². The summed E-state index contributed by atoms with van der Waals surface area (Å²) in [6.45, 7) is 2.36. The van der Waals surface area contributed by atoms with Gasteiger partial charge in [0.25, 0.3) is 11.5 Å². The van der Waals surface area contributed by atoms with Crippen LogP contribution < -0.4 is 15.6 Å². The highest BCUT2D eigenvalue weighted by atomic mass is 35.5. The van der Waals surface area contributed by atoms with Crippen molar-refractivity contribution in [2.75, 3.05) is 33.8 Å². The van der Waals surface area contributed by atoms with Gasteiger partial charge in [-0.1, -0.05) is 6.07 Å².